The second kappa shape index (κ2) is 6.23. The van der Waals surface area contributed by atoms with Crippen molar-refractivity contribution < 1.29 is 0 Å². The average Bonchev–Trinajstić information content (AvgIpc) is 3.09. The first-order valence-corrected chi connectivity index (χ1v) is 7.32. The number of nitrogens with one attached hydrogen (secondary N) is 1. The number of hydrogen-bond donors (Lipinski definition) is 2. The van der Waals surface area contributed by atoms with Crippen LogP contribution in [0.1, 0.15) is 37.7 Å². The Hall–Kier alpha value is -1.03. The molecule has 2 rings (SSSR count). The molecule has 0 aromatic heterocycles. The molecule has 2 unspecified atom stereocenters. The predicted molar refractivity (Wildman–Crippen MR) is 79.8 cm³/mol. The first kappa shape index (κ1) is 13.4. The summed E-state index contributed by atoms with van der Waals surface area (Å²) in [6.45, 7) is 2.98. The molecule has 1 aromatic rings. The Labute approximate surface area is 117 Å². The molecule has 18 heavy (non-hydrogen) atoms. The molecule has 2 atom stereocenters. The highest BCUT2D eigenvalue weighted by Gasteiger charge is 2.38. The zero-order chi connectivity index (χ0) is 13.0. The molecule has 1 aliphatic rings. The minimum atomic E-state index is 0.455. The van der Waals surface area contributed by atoms with E-state index in [9.17, 15) is 0 Å². The van der Waals surface area contributed by atoms with E-state index in [-0.39, 0.29) is 0 Å². The van der Waals surface area contributed by atoms with Crippen LogP contribution in [0.25, 0.3) is 0 Å². The van der Waals surface area contributed by atoms with Gasteiger partial charge in [-0.3, -0.25) is 4.99 Å². The van der Waals surface area contributed by atoms with Gasteiger partial charge in [0.1, 0.15) is 0 Å². The first-order chi connectivity index (χ1) is 8.70. The van der Waals surface area contributed by atoms with Crippen LogP contribution in [0.2, 0.25) is 0 Å². The van der Waals surface area contributed by atoms with Crippen LogP contribution in [0.4, 0.5) is 0 Å². The van der Waals surface area contributed by atoms with Gasteiger partial charge in [0, 0.05) is 23.0 Å². The highest BCUT2D eigenvalue weighted by Crippen LogP contribution is 2.40. The maximum absolute atomic E-state index is 5.85. The Balaban J connectivity index is 1.81. The molecule has 0 heterocycles. The summed E-state index contributed by atoms with van der Waals surface area (Å²) in [7, 11) is 0. The third-order valence-electron chi connectivity index (χ3n) is 3.22. The fourth-order valence-electron chi connectivity index (χ4n) is 2.03. The molecular weight excluding hydrogens is 290 g/mol. The topological polar surface area (TPSA) is 50.4 Å². The predicted octanol–water partition coefficient (Wildman–Crippen LogP) is 3.01. The number of nitrogens with two attached hydrogens (primary N) is 1. The van der Waals surface area contributed by atoms with Crippen molar-refractivity contribution in [3.8, 4) is 0 Å². The SMILES string of the molecule is CCCCN=C(N)NC1CC1c1ccc(Br)cc1. The lowest BCUT2D eigenvalue weighted by atomic mass is 10.1. The molecule has 0 saturated heterocycles. The molecule has 3 nitrogen and oxygen atoms in total. The van der Waals surface area contributed by atoms with Gasteiger partial charge in [-0.1, -0.05) is 41.4 Å². The lowest BCUT2D eigenvalue weighted by Crippen LogP contribution is -2.34. The minimum Gasteiger partial charge on any atom is -0.370 e. The van der Waals surface area contributed by atoms with Crippen molar-refractivity contribution >= 4 is 21.9 Å². The van der Waals surface area contributed by atoms with Crippen LogP contribution in [0.15, 0.2) is 33.7 Å². The molecular formula is C14H20BrN3. The molecule has 0 aliphatic heterocycles. The molecule has 3 N–H and O–H groups in total. The number of halogens is 1. The lowest BCUT2D eigenvalue weighted by molar-refractivity contribution is 0.789. The van der Waals surface area contributed by atoms with E-state index in [0.29, 0.717) is 17.9 Å². The Morgan fingerprint density at radius 3 is 2.83 bits per heavy atom. The van der Waals surface area contributed by atoms with Crippen molar-refractivity contribution in [2.45, 2.75) is 38.1 Å². The van der Waals surface area contributed by atoms with Crippen LogP contribution in [0.3, 0.4) is 0 Å². The van der Waals surface area contributed by atoms with Crippen LogP contribution < -0.4 is 11.1 Å². The number of nitrogens with zero attached hydrogens (tertiary/aromatic N) is 1. The van der Waals surface area contributed by atoms with Crippen LogP contribution in [0.5, 0.6) is 0 Å². The standard InChI is InChI=1S/C14H20BrN3/c1-2-3-8-17-14(16)18-13-9-12(13)10-4-6-11(15)7-5-10/h4-7,12-13H,2-3,8-9H2,1H3,(H3,16,17,18). The molecule has 1 aliphatic carbocycles. The van der Waals surface area contributed by atoms with E-state index in [1.807, 2.05) is 0 Å². The Morgan fingerprint density at radius 1 is 1.44 bits per heavy atom. The molecule has 98 valence electrons. The van der Waals surface area contributed by atoms with Crippen LogP contribution in [0, 0.1) is 0 Å². The quantitative estimate of drug-likeness (QED) is 0.499. The van der Waals surface area contributed by atoms with E-state index in [4.69, 9.17) is 5.73 Å². The van der Waals surface area contributed by atoms with Gasteiger partial charge in [0.15, 0.2) is 5.96 Å². The molecule has 1 aromatic carbocycles. The third kappa shape index (κ3) is 3.73. The number of aliphatic imine (C=N–C) groups is 1. The third-order valence-corrected chi connectivity index (χ3v) is 3.74. The lowest BCUT2D eigenvalue weighted by Gasteiger charge is -2.05. The van der Waals surface area contributed by atoms with E-state index in [0.717, 1.165) is 30.3 Å². The maximum Gasteiger partial charge on any atom is 0.188 e. The van der Waals surface area contributed by atoms with Gasteiger partial charge in [-0.05, 0) is 30.5 Å². The van der Waals surface area contributed by atoms with E-state index >= 15 is 0 Å². The number of benzene rings is 1. The van der Waals surface area contributed by atoms with Crippen LogP contribution in [-0.4, -0.2) is 18.5 Å². The van der Waals surface area contributed by atoms with E-state index in [1.165, 1.54) is 5.56 Å². The zero-order valence-corrected chi connectivity index (χ0v) is 12.3. The molecule has 0 spiro atoms. The molecule has 0 bridgehead atoms. The van der Waals surface area contributed by atoms with Gasteiger partial charge in [-0.25, -0.2) is 0 Å². The summed E-state index contributed by atoms with van der Waals surface area (Å²) in [5.74, 6) is 1.17. The largest absolute Gasteiger partial charge is 0.370 e. The number of hydrogen-bond acceptors (Lipinski definition) is 1. The van der Waals surface area contributed by atoms with Gasteiger partial charge < -0.3 is 11.1 Å². The van der Waals surface area contributed by atoms with Crippen LogP contribution in [-0.2, 0) is 0 Å². The normalized spacial score (nSPS) is 22.9. The summed E-state index contributed by atoms with van der Waals surface area (Å²) in [4.78, 5) is 4.31. The highest BCUT2D eigenvalue weighted by molar-refractivity contribution is 9.10. The second-order valence-electron chi connectivity index (χ2n) is 4.77. The van der Waals surface area contributed by atoms with Crippen molar-refractivity contribution in [1.82, 2.24) is 5.32 Å². The number of unbranched alkanes of at least 4 members (excludes halogenated alkanes) is 1. The van der Waals surface area contributed by atoms with Gasteiger partial charge in [0.05, 0.1) is 0 Å². The first-order valence-electron chi connectivity index (χ1n) is 6.52. The minimum absolute atomic E-state index is 0.455. The Kier molecular flexibility index (Phi) is 4.64. The molecule has 1 saturated carbocycles. The summed E-state index contributed by atoms with van der Waals surface area (Å²) >= 11 is 3.45. The van der Waals surface area contributed by atoms with Crippen molar-refractivity contribution in [2.75, 3.05) is 6.54 Å². The van der Waals surface area contributed by atoms with Gasteiger partial charge in [0.25, 0.3) is 0 Å². The van der Waals surface area contributed by atoms with Crippen molar-refractivity contribution in [1.29, 1.82) is 0 Å². The van der Waals surface area contributed by atoms with Gasteiger partial charge in [-0.15, -0.1) is 0 Å². The Bertz CT molecular complexity index is 414. The molecule has 1 fully saturated rings. The zero-order valence-electron chi connectivity index (χ0n) is 10.7. The van der Waals surface area contributed by atoms with E-state index < -0.39 is 0 Å². The molecule has 0 radical (unpaired) electrons. The van der Waals surface area contributed by atoms with Gasteiger partial charge in [-0.2, -0.15) is 0 Å². The highest BCUT2D eigenvalue weighted by atomic mass is 79.9. The summed E-state index contributed by atoms with van der Waals surface area (Å²) < 4.78 is 1.12. The fraction of sp³-hybridized carbons (Fsp3) is 0.500. The van der Waals surface area contributed by atoms with Gasteiger partial charge in [0.2, 0.25) is 0 Å². The smallest absolute Gasteiger partial charge is 0.188 e. The number of guanidine groups is 1. The average molecular weight is 310 g/mol. The van der Waals surface area contributed by atoms with Crippen LogP contribution >= 0.6 is 15.9 Å². The fourth-order valence-corrected chi connectivity index (χ4v) is 2.29. The Morgan fingerprint density at radius 2 is 2.17 bits per heavy atom. The summed E-state index contributed by atoms with van der Waals surface area (Å²) in [5.41, 5.74) is 7.22. The maximum atomic E-state index is 5.85. The molecule has 0 amide bonds. The van der Waals surface area contributed by atoms with Gasteiger partial charge >= 0.3 is 0 Å². The van der Waals surface area contributed by atoms with Crippen molar-refractivity contribution in [3.63, 3.8) is 0 Å². The van der Waals surface area contributed by atoms with Crippen molar-refractivity contribution in [2.24, 2.45) is 10.7 Å². The van der Waals surface area contributed by atoms with E-state index in [1.54, 1.807) is 0 Å². The molecule has 4 heteroatoms. The summed E-state index contributed by atoms with van der Waals surface area (Å²) in [6, 6.07) is 8.96. The summed E-state index contributed by atoms with van der Waals surface area (Å²) in [5, 5.41) is 3.29. The van der Waals surface area contributed by atoms with E-state index in [2.05, 4.69) is 57.4 Å². The van der Waals surface area contributed by atoms with Crippen molar-refractivity contribution in [3.05, 3.63) is 34.3 Å². The monoisotopic (exact) mass is 309 g/mol. The summed E-state index contributed by atoms with van der Waals surface area (Å²) in [6.07, 6.45) is 3.40. The second-order valence-corrected chi connectivity index (χ2v) is 5.68. The number of rotatable bonds is 5.